The maximum absolute atomic E-state index is 12.6. The topological polar surface area (TPSA) is 68.0 Å². The van der Waals surface area contributed by atoms with Gasteiger partial charge in [0.25, 0.3) is 5.91 Å². The van der Waals surface area contributed by atoms with Gasteiger partial charge in [0.1, 0.15) is 12.1 Å². The van der Waals surface area contributed by atoms with Gasteiger partial charge in [-0.3, -0.25) is 4.79 Å². The summed E-state index contributed by atoms with van der Waals surface area (Å²) in [6.45, 7) is 1.86. The first kappa shape index (κ1) is 16.7. The van der Waals surface area contributed by atoms with Crippen LogP contribution in [0.3, 0.4) is 0 Å². The van der Waals surface area contributed by atoms with Crippen LogP contribution in [0.25, 0.3) is 11.5 Å². The summed E-state index contributed by atoms with van der Waals surface area (Å²) in [5, 5.41) is 2.57. The van der Waals surface area contributed by atoms with E-state index in [9.17, 15) is 18.0 Å². The number of hydrogen-bond acceptors (Lipinski definition) is 4. The Hall–Kier alpha value is -3.16. The van der Waals surface area contributed by atoms with Crippen molar-refractivity contribution in [1.82, 2.24) is 9.97 Å². The van der Waals surface area contributed by atoms with E-state index < -0.39 is 17.6 Å². The van der Waals surface area contributed by atoms with Crippen LogP contribution < -0.4 is 5.32 Å². The number of amides is 1. The van der Waals surface area contributed by atoms with Crippen LogP contribution in [0.5, 0.6) is 0 Å². The molecule has 3 aromatic rings. The second-order valence-corrected chi connectivity index (χ2v) is 5.29. The third-order valence-electron chi connectivity index (χ3n) is 3.35. The summed E-state index contributed by atoms with van der Waals surface area (Å²) in [6.07, 6.45) is -1.72. The van der Waals surface area contributed by atoms with Crippen LogP contribution in [0.2, 0.25) is 0 Å². The van der Waals surface area contributed by atoms with E-state index in [1.54, 1.807) is 18.3 Å². The predicted octanol–water partition coefficient (Wildman–Crippen LogP) is 4.32. The minimum atomic E-state index is -4.42. The highest BCUT2D eigenvalue weighted by Crippen LogP contribution is 2.30. The summed E-state index contributed by atoms with van der Waals surface area (Å²) in [4.78, 5) is 20.1. The van der Waals surface area contributed by atoms with Crippen molar-refractivity contribution in [3.05, 3.63) is 65.7 Å². The van der Waals surface area contributed by atoms with Crippen molar-refractivity contribution in [1.29, 1.82) is 0 Å². The van der Waals surface area contributed by atoms with E-state index in [2.05, 4.69) is 15.3 Å². The molecule has 0 radical (unpaired) electrons. The molecule has 2 heterocycles. The van der Waals surface area contributed by atoms with Gasteiger partial charge in [-0.1, -0.05) is 0 Å². The lowest BCUT2D eigenvalue weighted by molar-refractivity contribution is -0.137. The van der Waals surface area contributed by atoms with Gasteiger partial charge in [0.05, 0.1) is 5.56 Å². The fraction of sp³-hybridized carbons (Fsp3) is 0.118. The predicted molar refractivity (Wildman–Crippen MR) is 83.9 cm³/mol. The first-order chi connectivity index (χ1) is 11.8. The highest BCUT2D eigenvalue weighted by atomic mass is 19.4. The number of anilines is 1. The first-order valence-electron chi connectivity index (χ1n) is 7.20. The van der Waals surface area contributed by atoms with Gasteiger partial charge in [0.2, 0.25) is 5.89 Å². The lowest BCUT2D eigenvalue weighted by Gasteiger charge is -2.06. The number of halogens is 3. The van der Waals surface area contributed by atoms with E-state index in [0.29, 0.717) is 11.4 Å². The molecule has 0 unspecified atom stereocenters. The number of carbonyl (C=O) groups is 1. The molecule has 1 aromatic carbocycles. The average Bonchev–Trinajstić information content (AvgIpc) is 3.04. The van der Waals surface area contributed by atoms with Crippen LogP contribution in [-0.4, -0.2) is 15.9 Å². The molecule has 8 heteroatoms. The largest absolute Gasteiger partial charge is 0.444 e. The van der Waals surface area contributed by atoms with Gasteiger partial charge in [-0.25, -0.2) is 9.97 Å². The molecular formula is C17H12F3N3O2. The number of alkyl halides is 3. The Morgan fingerprint density at radius 1 is 1.16 bits per heavy atom. The van der Waals surface area contributed by atoms with Crippen molar-refractivity contribution >= 4 is 11.7 Å². The van der Waals surface area contributed by atoms with Gasteiger partial charge in [0.15, 0.2) is 5.69 Å². The zero-order valence-electron chi connectivity index (χ0n) is 13.0. The molecule has 0 saturated carbocycles. The Labute approximate surface area is 140 Å². The Bertz CT molecular complexity index is 902. The number of nitrogens with zero attached hydrogens (tertiary/aromatic N) is 2. The third kappa shape index (κ3) is 3.85. The van der Waals surface area contributed by atoms with Crippen molar-refractivity contribution in [2.24, 2.45) is 0 Å². The molecule has 2 aromatic heterocycles. The number of hydrogen-bond donors (Lipinski definition) is 1. The van der Waals surface area contributed by atoms with Gasteiger partial charge in [-0.2, -0.15) is 13.2 Å². The lowest BCUT2D eigenvalue weighted by Crippen LogP contribution is -2.13. The van der Waals surface area contributed by atoms with Gasteiger partial charge in [-0.05, 0) is 48.9 Å². The SMILES string of the molecule is Cc1ccnc(NC(=O)c2coc(-c3ccc(C(F)(F)F)cc3)n2)c1. The molecule has 0 aliphatic rings. The molecule has 0 aliphatic carbocycles. The van der Waals surface area contributed by atoms with Crippen LogP contribution >= 0.6 is 0 Å². The van der Waals surface area contributed by atoms with E-state index in [0.717, 1.165) is 24.0 Å². The van der Waals surface area contributed by atoms with Gasteiger partial charge in [-0.15, -0.1) is 0 Å². The van der Waals surface area contributed by atoms with Gasteiger partial charge in [0, 0.05) is 11.8 Å². The summed E-state index contributed by atoms with van der Waals surface area (Å²) < 4.78 is 42.9. The number of rotatable bonds is 3. The van der Waals surface area contributed by atoms with E-state index in [1.807, 2.05) is 6.92 Å². The van der Waals surface area contributed by atoms with Crippen LogP contribution in [0, 0.1) is 6.92 Å². The van der Waals surface area contributed by atoms with Crippen molar-refractivity contribution in [2.75, 3.05) is 5.32 Å². The normalized spacial score (nSPS) is 11.4. The monoisotopic (exact) mass is 347 g/mol. The minimum Gasteiger partial charge on any atom is -0.444 e. The van der Waals surface area contributed by atoms with E-state index >= 15 is 0 Å². The molecule has 0 aliphatic heterocycles. The molecule has 0 saturated heterocycles. The molecule has 0 bridgehead atoms. The zero-order valence-corrected chi connectivity index (χ0v) is 13.0. The van der Waals surface area contributed by atoms with E-state index in [1.165, 1.54) is 12.1 Å². The summed E-state index contributed by atoms with van der Waals surface area (Å²) in [6, 6.07) is 7.80. The number of benzene rings is 1. The molecule has 1 amide bonds. The Balaban J connectivity index is 1.76. The summed E-state index contributed by atoms with van der Waals surface area (Å²) >= 11 is 0. The molecular weight excluding hydrogens is 335 g/mol. The molecule has 0 fully saturated rings. The molecule has 5 nitrogen and oxygen atoms in total. The van der Waals surface area contributed by atoms with Gasteiger partial charge < -0.3 is 9.73 Å². The molecule has 25 heavy (non-hydrogen) atoms. The molecule has 0 atom stereocenters. The second kappa shape index (κ2) is 6.39. The summed E-state index contributed by atoms with van der Waals surface area (Å²) in [5.74, 6) is -0.111. The van der Waals surface area contributed by atoms with Crippen molar-refractivity contribution < 1.29 is 22.4 Å². The number of pyridine rings is 1. The number of nitrogens with one attached hydrogen (secondary N) is 1. The van der Waals surface area contributed by atoms with Crippen LogP contribution in [0.15, 0.2) is 53.3 Å². The van der Waals surface area contributed by atoms with Crippen LogP contribution in [-0.2, 0) is 6.18 Å². The zero-order chi connectivity index (χ0) is 18.0. The first-order valence-corrected chi connectivity index (χ1v) is 7.20. The number of aromatic nitrogens is 2. The standard InChI is InChI=1S/C17H12F3N3O2/c1-10-6-7-21-14(8-10)23-15(24)13-9-25-16(22-13)11-2-4-12(5-3-11)17(18,19)20/h2-9H,1H3,(H,21,23,24). The number of oxazole rings is 1. The van der Waals surface area contributed by atoms with Crippen molar-refractivity contribution in [3.63, 3.8) is 0 Å². The lowest BCUT2D eigenvalue weighted by atomic mass is 10.1. The third-order valence-corrected chi connectivity index (χ3v) is 3.35. The Kier molecular flexibility index (Phi) is 4.26. The second-order valence-electron chi connectivity index (χ2n) is 5.29. The Morgan fingerprint density at radius 2 is 1.88 bits per heavy atom. The number of carbonyl (C=O) groups excluding carboxylic acids is 1. The fourth-order valence-electron chi connectivity index (χ4n) is 2.10. The summed E-state index contributed by atoms with van der Waals surface area (Å²) in [5.41, 5.74) is 0.487. The highest BCUT2D eigenvalue weighted by Gasteiger charge is 2.30. The van der Waals surface area contributed by atoms with Crippen LogP contribution in [0.1, 0.15) is 21.6 Å². The fourth-order valence-corrected chi connectivity index (χ4v) is 2.10. The highest BCUT2D eigenvalue weighted by molar-refractivity contribution is 6.02. The minimum absolute atomic E-state index is 0.00166. The van der Waals surface area contributed by atoms with E-state index in [-0.39, 0.29) is 11.6 Å². The molecule has 3 rings (SSSR count). The molecule has 1 N–H and O–H groups in total. The Morgan fingerprint density at radius 3 is 2.52 bits per heavy atom. The quantitative estimate of drug-likeness (QED) is 0.766. The number of aryl methyl sites for hydroxylation is 1. The average molecular weight is 347 g/mol. The van der Waals surface area contributed by atoms with Crippen molar-refractivity contribution in [2.45, 2.75) is 13.1 Å². The summed E-state index contributed by atoms with van der Waals surface area (Å²) in [7, 11) is 0. The van der Waals surface area contributed by atoms with Gasteiger partial charge >= 0.3 is 6.18 Å². The molecule has 128 valence electrons. The van der Waals surface area contributed by atoms with Crippen molar-refractivity contribution in [3.8, 4) is 11.5 Å². The van der Waals surface area contributed by atoms with Crippen LogP contribution in [0.4, 0.5) is 19.0 Å². The maximum Gasteiger partial charge on any atom is 0.416 e. The molecule has 0 spiro atoms. The smallest absolute Gasteiger partial charge is 0.416 e. The maximum atomic E-state index is 12.6. The van der Waals surface area contributed by atoms with E-state index in [4.69, 9.17) is 4.42 Å².